The predicted octanol–water partition coefficient (Wildman–Crippen LogP) is 0.612. The molecule has 0 aliphatic carbocycles. The zero-order valence-electron chi connectivity index (χ0n) is 10.9. The van der Waals surface area contributed by atoms with E-state index in [4.69, 9.17) is 5.11 Å². The summed E-state index contributed by atoms with van der Waals surface area (Å²) in [6.45, 7) is 1.23. The molecule has 0 radical (unpaired) electrons. The Kier molecular flexibility index (Phi) is 4.21. The number of amides is 1. The van der Waals surface area contributed by atoms with Gasteiger partial charge in [-0.1, -0.05) is 17.3 Å². The number of hydrogen-bond acceptors (Lipinski definition) is 5. The molecule has 1 aromatic carbocycles. The highest BCUT2D eigenvalue weighted by Crippen LogP contribution is 2.11. The van der Waals surface area contributed by atoms with Gasteiger partial charge in [-0.15, -0.1) is 5.10 Å². The van der Waals surface area contributed by atoms with E-state index in [2.05, 4.69) is 15.6 Å². The second-order valence-corrected chi connectivity index (χ2v) is 4.25. The molecule has 2 rings (SSSR count). The van der Waals surface area contributed by atoms with E-state index in [1.165, 1.54) is 17.8 Å². The molecule has 0 bridgehead atoms. The molecule has 0 saturated heterocycles. The normalized spacial score (nSPS) is 10.3. The maximum Gasteiger partial charge on any atom is 0.246 e. The molecule has 7 nitrogen and oxygen atoms in total. The Morgan fingerprint density at radius 1 is 1.40 bits per heavy atom. The van der Waals surface area contributed by atoms with Crippen LogP contribution in [0.15, 0.2) is 30.5 Å². The van der Waals surface area contributed by atoms with Crippen molar-refractivity contribution in [2.24, 2.45) is 0 Å². The number of carbonyl (C=O) groups is 2. The summed E-state index contributed by atoms with van der Waals surface area (Å²) < 4.78 is 1.33. The second-order valence-electron chi connectivity index (χ2n) is 4.25. The first-order chi connectivity index (χ1) is 9.58. The fraction of sp³-hybridized carbons (Fsp3) is 0.231. The molecular weight excluding hydrogens is 260 g/mol. The Morgan fingerprint density at radius 3 is 2.85 bits per heavy atom. The Labute approximate surface area is 115 Å². The summed E-state index contributed by atoms with van der Waals surface area (Å²) in [5, 5.41) is 18.9. The van der Waals surface area contributed by atoms with Gasteiger partial charge in [0.1, 0.15) is 12.2 Å². The van der Waals surface area contributed by atoms with Crippen molar-refractivity contribution in [3.63, 3.8) is 0 Å². The minimum atomic E-state index is -0.292. The van der Waals surface area contributed by atoms with Crippen LogP contribution in [0, 0.1) is 0 Å². The summed E-state index contributed by atoms with van der Waals surface area (Å²) in [5.41, 5.74) is 1.48. The zero-order valence-corrected chi connectivity index (χ0v) is 10.9. The fourth-order valence-electron chi connectivity index (χ4n) is 1.65. The lowest BCUT2D eigenvalue weighted by atomic mass is 10.1. The van der Waals surface area contributed by atoms with E-state index >= 15 is 0 Å². The smallest absolute Gasteiger partial charge is 0.246 e. The first kappa shape index (κ1) is 13.9. The number of Topliss-reactive ketones (excluding diaryl/α,β-unsaturated/α-hetero) is 1. The molecule has 2 N–H and O–H groups in total. The van der Waals surface area contributed by atoms with Gasteiger partial charge in [0.05, 0.1) is 12.8 Å². The Bertz CT molecular complexity index is 636. The molecule has 0 fully saturated rings. The molecule has 20 heavy (non-hydrogen) atoms. The number of aliphatic hydroxyl groups is 1. The summed E-state index contributed by atoms with van der Waals surface area (Å²) in [6, 6.07) is 6.69. The van der Waals surface area contributed by atoms with E-state index in [1.807, 2.05) is 0 Å². The van der Waals surface area contributed by atoms with Gasteiger partial charge in [-0.3, -0.25) is 9.59 Å². The van der Waals surface area contributed by atoms with Gasteiger partial charge in [-0.25, -0.2) is 4.68 Å². The number of nitrogens with one attached hydrogen (secondary N) is 1. The highest BCUT2D eigenvalue weighted by atomic mass is 16.3. The van der Waals surface area contributed by atoms with E-state index in [1.54, 1.807) is 24.3 Å². The maximum absolute atomic E-state index is 11.8. The van der Waals surface area contributed by atoms with Crippen molar-refractivity contribution in [1.82, 2.24) is 15.0 Å². The van der Waals surface area contributed by atoms with Crippen molar-refractivity contribution in [2.75, 3.05) is 5.32 Å². The molecule has 0 saturated carbocycles. The Balaban J connectivity index is 2.00. The largest absolute Gasteiger partial charge is 0.390 e. The van der Waals surface area contributed by atoms with E-state index in [0.29, 0.717) is 16.9 Å². The van der Waals surface area contributed by atoms with Crippen LogP contribution >= 0.6 is 0 Å². The molecule has 0 spiro atoms. The number of hydrogen-bond donors (Lipinski definition) is 2. The van der Waals surface area contributed by atoms with Gasteiger partial charge in [0, 0.05) is 11.3 Å². The molecule has 1 heterocycles. The van der Waals surface area contributed by atoms with Crippen molar-refractivity contribution in [1.29, 1.82) is 0 Å². The minimum Gasteiger partial charge on any atom is -0.390 e. The van der Waals surface area contributed by atoms with Crippen LogP contribution in [0.3, 0.4) is 0 Å². The number of benzene rings is 1. The van der Waals surface area contributed by atoms with Crippen LogP contribution in [0.1, 0.15) is 23.0 Å². The number of aliphatic hydroxyl groups excluding tert-OH is 1. The average Bonchev–Trinajstić information content (AvgIpc) is 2.86. The molecule has 1 aromatic heterocycles. The Morgan fingerprint density at radius 2 is 2.20 bits per heavy atom. The number of aromatic nitrogens is 3. The van der Waals surface area contributed by atoms with Crippen molar-refractivity contribution in [3.8, 4) is 0 Å². The molecule has 0 aliphatic heterocycles. The zero-order chi connectivity index (χ0) is 14.5. The summed E-state index contributed by atoms with van der Waals surface area (Å²) >= 11 is 0. The molecule has 0 aliphatic rings. The van der Waals surface area contributed by atoms with Crippen LogP contribution in [-0.4, -0.2) is 31.8 Å². The average molecular weight is 274 g/mol. The third-order valence-electron chi connectivity index (χ3n) is 2.61. The van der Waals surface area contributed by atoms with Crippen molar-refractivity contribution >= 4 is 17.4 Å². The van der Waals surface area contributed by atoms with E-state index < -0.39 is 0 Å². The van der Waals surface area contributed by atoms with Gasteiger partial charge in [0.2, 0.25) is 5.91 Å². The van der Waals surface area contributed by atoms with E-state index in [-0.39, 0.29) is 24.8 Å². The van der Waals surface area contributed by atoms with Gasteiger partial charge in [-0.05, 0) is 19.1 Å². The van der Waals surface area contributed by atoms with Crippen LogP contribution in [0.25, 0.3) is 0 Å². The van der Waals surface area contributed by atoms with E-state index in [0.717, 1.165) is 0 Å². The van der Waals surface area contributed by atoms with Gasteiger partial charge in [-0.2, -0.15) is 0 Å². The Hall–Kier alpha value is -2.54. The molecule has 0 atom stereocenters. The summed E-state index contributed by atoms with van der Waals surface area (Å²) in [5.74, 6) is -0.356. The monoisotopic (exact) mass is 274 g/mol. The fourth-order valence-corrected chi connectivity index (χ4v) is 1.65. The molecular formula is C13H14N4O3. The first-order valence-electron chi connectivity index (χ1n) is 5.99. The molecule has 0 unspecified atom stereocenters. The lowest BCUT2D eigenvalue weighted by Gasteiger charge is -2.06. The second kappa shape index (κ2) is 6.07. The molecule has 104 valence electrons. The van der Waals surface area contributed by atoms with Crippen molar-refractivity contribution < 1.29 is 14.7 Å². The van der Waals surface area contributed by atoms with Crippen LogP contribution < -0.4 is 5.32 Å². The third-order valence-corrected chi connectivity index (χ3v) is 2.61. The lowest BCUT2D eigenvalue weighted by Crippen LogP contribution is -2.19. The summed E-state index contributed by atoms with van der Waals surface area (Å²) in [7, 11) is 0. The standard InChI is InChI=1S/C13H14N4O3/c1-9(19)10-3-2-4-11(5-10)14-13(20)7-17-6-12(8-18)15-16-17/h2-6,18H,7-8H2,1H3,(H,14,20). The van der Waals surface area contributed by atoms with Crippen LogP contribution in [-0.2, 0) is 17.9 Å². The summed E-state index contributed by atoms with van der Waals surface area (Å²) in [4.78, 5) is 23.1. The number of rotatable bonds is 5. The van der Waals surface area contributed by atoms with E-state index in [9.17, 15) is 9.59 Å². The van der Waals surface area contributed by atoms with Gasteiger partial charge in [0.25, 0.3) is 0 Å². The quantitative estimate of drug-likeness (QED) is 0.779. The topological polar surface area (TPSA) is 97.1 Å². The SMILES string of the molecule is CC(=O)c1cccc(NC(=O)Cn2cc(CO)nn2)c1. The number of anilines is 1. The molecule has 2 aromatic rings. The number of nitrogens with zero attached hydrogens (tertiary/aromatic N) is 3. The van der Waals surface area contributed by atoms with Crippen LogP contribution in [0.2, 0.25) is 0 Å². The lowest BCUT2D eigenvalue weighted by molar-refractivity contribution is -0.116. The number of carbonyl (C=O) groups excluding carboxylic acids is 2. The predicted molar refractivity (Wildman–Crippen MR) is 71.0 cm³/mol. The minimum absolute atomic E-state index is 0.0166. The first-order valence-corrected chi connectivity index (χ1v) is 5.99. The molecule has 1 amide bonds. The number of ketones is 1. The highest BCUT2D eigenvalue weighted by molar-refractivity contribution is 5.97. The van der Waals surface area contributed by atoms with Gasteiger partial charge >= 0.3 is 0 Å². The van der Waals surface area contributed by atoms with Gasteiger partial charge < -0.3 is 10.4 Å². The summed E-state index contributed by atoms with van der Waals surface area (Å²) in [6.07, 6.45) is 1.49. The van der Waals surface area contributed by atoms with Crippen molar-refractivity contribution in [2.45, 2.75) is 20.1 Å². The van der Waals surface area contributed by atoms with Crippen LogP contribution in [0.5, 0.6) is 0 Å². The van der Waals surface area contributed by atoms with Crippen molar-refractivity contribution in [3.05, 3.63) is 41.7 Å². The van der Waals surface area contributed by atoms with Gasteiger partial charge in [0.15, 0.2) is 5.78 Å². The van der Waals surface area contributed by atoms with Crippen LogP contribution in [0.4, 0.5) is 5.69 Å². The maximum atomic E-state index is 11.8. The third kappa shape index (κ3) is 3.48. The highest BCUT2D eigenvalue weighted by Gasteiger charge is 2.07. The molecule has 7 heteroatoms.